The number of carbonyl (C=O) groups is 2. The minimum Gasteiger partial charge on any atom is -0.479 e. The van der Waals surface area contributed by atoms with Crippen molar-refractivity contribution in [1.29, 1.82) is 0 Å². The maximum absolute atomic E-state index is 11.3. The number of methoxy groups -OCH3 is 1. The lowest BCUT2D eigenvalue weighted by atomic mass is 10.0. The summed E-state index contributed by atoms with van der Waals surface area (Å²) in [4.78, 5) is 25.4. The Hall–Kier alpha value is -1.70. The van der Waals surface area contributed by atoms with Crippen molar-refractivity contribution >= 4 is 23.5 Å². The minimum atomic E-state index is -2.03. The van der Waals surface area contributed by atoms with Crippen molar-refractivity contribution in [3.63, 3.8) is 0 Å². The number of halogens is 1. The predicted molar refractivity (Wildman–Crippen MR) is 59.2 cm³/mol. The molecule has 0 aromatic carbocycles. The molecule has 1 aromatic heterocycles. The van der Waals surface area contributed by atoms with Gasteiger partial charge in [0.2, 0.25) is 0 Å². The van der Waals surface area contributed by atoms with Crippen molar-refractivity contribution in [3.8, 4) is 0 Å². The van der Waals surface area contributed by atoms with E-state index in [1.807, 2.05) is 0 Å². The lowest BCUT2D eigenvalue weighted by Crippen LogP contribution is -2.27. The molecule has 0 saturated carbocycles. The molecule has 3 N–H and O–H groups in total. The Kier molecular flexibility index (Phi) is 4.60. The third-order valence-corrected chi connectivity index (χ3v) is 2.46. The van der Waals surface area contributed by atoms with Gasteiger partial charge in [-0.2, -0.15) is 0 Å². The second-order valence-electron chi connectivity index (χ2n) is 3.33. The van der Waals surface area contributed by atoms with Crippen LogP contribution < -0.4 is 0 Å². The van der Waals surface area contributed by atoms with Crippen LogP contribution >= 0.6 is 11.6 Å². The molecule has 1 aromatic rings. The van der Waals surface area contributed by atoms with Crippen LogP contribution in [0.15, 0.2) is 12.3 Å². The number of hydrogen-bond acceptors (Lipinski definition) is 6. The zero-order chi connectivity index (χ0) is 13.9. The molecule has 1 heterocycles. The highest BCUT2D eigenvalue weighted by molar-refractivity contribution is 6.32. The molecular weight excluding hydrogens is 266 g/mol. The fourth-order valence-corrected chi connectivity index (χ4v) is 1.38. The number of aliphatic hydroxyl groups is 2. The van der Waals surface area contributed by atoms with E-state index >= 15 is 0 Å². The zero-order valence-electron chi connectivity index (χ0n) is 9.20. The summed E-state index contributed by atoms with van der Waals surface area (Å²) in [6, 6.07) is 1.11. The van der Waals surface area contributed by atoms with Gasteiger partial charge in [0.1, 0.15) is 11.3 Å². The fourth-order valence-electron chi connectivity index (χ4n) is 1.20. The lowest BCUT2D eigenvalue weighted by molar-refractivity contribution is -0.153. The van der Waals surface area contributed by atoms with Crippen LogP contribution in [-0.4, -0.2) is 45.5 Å². The van der Waals surface area contributed by atoms with Gasteiger partial charge in [-0.1, -0.05) is 11.6 Å². The van der Waals surface area contributed by atoms with Crippen LogP contribution in [0, 0.1) is 0 Å². The molecule has 8 heteroatoms. The van der Waals surface area contributed by atoms with Gasteiger partial charge in [0, 0.05) is 11.8 Å². The van der Waals surface area contributed by atoms with Gasteiger partial charge in [-0.05, 0) is 6.07 Å². The number of aromatic nitrogens is 1. The smallest absolute Gasteiger partial charge is 0.341 e. The van der Waals surface area contributed by atoms with E-state index in [9.17, 15) is 19.8 Å². The average molecular weight is 276 g/mol. The molecule has 2 unspecified atom stereocenters. The second kappa shape index (κ2) is 5.76. The number of aliphatic carboxylic acids is 1. The number of pyridine rings is 1. The van der Waals surface area contributed by atoms with Crippen LogP contribution in [0.4, 0.5) is 0 Å². The first-order valence-electron chi connectivity index (χ1n) is 4.71. The highest BCUT2D eigenvalue weighted by atomic mass is 35.5. The molecule has 0 saturated heterocycles. The summed E-state index contributed by atoms with van der Waals surface area (Å²) in [5.74, 6) is -2.39. The Morgan fingerprint density at radius 1 is 1.44 bits per heavy atom. The molecule has 0 spiro atoms. The number of aliphatic hydroxyl groups excluding tert-OH is 2. The van der Waals surface area contributed by atoms with E-state index in [1.165, 1.54) is 0 Å². The van der Waals surface area contributed by atoms with Crippen LogP contribution in [0.2, 0.25) is 5.15 Å². The van der Waals surface area contributed by atoms with Crippen molar-refractivity contribution < 1.29 is 29.6 Å². The summed E-state index contributed by atoms with van der Waals surface area (Å²) in [6.07, 6.45) is -2.69. The monoisotopic (exact) mass is 275 g/mol. The third kappa shape index (κ3) is 2.95. The summed E-state index contributed by atoms with van der Waals surface area (Å²) in [6.45, 7) is 0. The Morgan fingerprint density at radius 2 is 2.06 bits per heavy atom. The van der Waals surface area contributed by atoms with E-state index in [4.69, 9.17) is 16.7 Å². The standard InChI is InChI=1S/C10H10ClNO6/c1-18-10(17)5-2-4(3-12-8(5)11)6(13)7(14)9(15)16/h2-3,6-7,13-14H,1H3,(H,15,16). The number of nitrogens with zero attached hydrogens (tertiary/aromatic N) is 1. The molecule has 1 rings (SSSR count). The number of ether oxygens (including phenoxy) is 1. The third-order valence-electron chi connectivity index (χ3n) is 2.16. The molecule has 0 bridgehead atoms. The summed E-state index contributed by atoms with van der Waals surface area (Å²) in [5.41, 5.74) is -0.192. The van der Waals surface area contributed by atoms with Gasteiger partial charge in [-0.3, -0.25) is 0 Å². The highest BCUT2D eigenvalue weighted by Crippen LogP contribution is 2.22. The quantitative estimate of drug-likeness (QED) is 0.523. The Balaban J connectivity index is 3.12. The fraction of sp³-hybridized carbons (Fsp3) is 0.300. The topological polar surface area (TPSA) is 117 Å². The molecule has 0 aliphatic rings. The summed E-state index contributed by atoms with van der Waals surface area (Å²) in [5, 5.41) is 27.1. The molecular formula is C10H10ClNO6. The average Bonchev–Trinajstić information content (AvgIpc) is 2.36. The SMILES string of the molecule is COC(=O)c1cc(C(O)C(O)C(=O)O)cnc1Cl. The van der Waals surface area contributed by atoms with Crippen molar-refractivity contribution in [2.75, 3.05) is 7.11 Å². The summed E-state index contributed by atoms with van der Waals surface area (Å²) in [7, 11) is 1.13. The van der Waals surface area contributed by atoms with E-state index in [1.54, 1.807) is 0 Å². The summed E-state index contributed by atoms with van der Waals surface area (Å²) < 4.78 is 4.44. The molecule has 18 heavy (non-hydrogen) atoms. The van der Waals surface area contributed by atoms with E-state index in [0.29, 0.717) is 0 Å². The van der Waals surface area contributed by atoms with Crippen LogP contribution in [0.25, 0.3) is 0 Å². The van der Waals surface area contributed by atoms with Crippen LogP contribution in [0.1, 0.15) is 22.0 Å². The number of carboxylic acids is 1. The number of esters is 1. The van der Waals surface area contributed by atoms with Crippen LogP contribution in [0.5, 0.6) is 0 Å². The number of carbonyl (C=O) groups excluding carboxylic acids is 1. The molecule has 0 aliphatic heterocycles. The second-order valence-corrected chi connectivity index (χ2v) is 3.68. The van der Waals surface area contributed by atoms with Gasteiger partial charge in [-0.15, -0.1) is 0 Å². The van der Waals surface area contributed by atoms with Crippen molar-refractivity contribution in [3.05, 3.63) is 28.5 Å². The largest absolute Gasteiger partial charge is 0.479 e. The van der Waals surface area contributed by atoms with Crippen molar-refractivity contribution in [2.45, 2.75) is 12.2 Å². The van der Waals surface area contributed by atoms with Crippen LogP contribution in [0.3, 0.4) is 0 Å². The maximum Gasteiger partial charge on any atom is 0.341 e. The molecule has 0 radical (unpaired) electrons. The first-order valence-corrected chi connectivity index (χ1v) is 5.09. The van der Waals surface area contributed by atoms with Crippen LogP contribution in [-0.2, 0) is 9.53 Å². The lowest BCUT2D eigenvalue weighted by Gasteiger charge is -2.14. The molecule has 0 amide bonds. The van der Waals surface area contributed by atoms with Gasteiger partial charge in [0.25, 0.3) is 0 Å². The van der Waals surface area contributed by atoms with Gasteiger partial charge in [0.15, 0.2) is 6.10 Å². The summed E-state index contributed by atoms with van der Waals surface area (Å²) >= 11 is 5.64. The van der Waals surface area contributed by atoms with Crippen molar-refractivity contribution in [1.82, 2.24) is 4.98 Å². The molecule has 98 valence electrons. The first-order chi connectivity index (χ1) is 8.38. The molecule has 7 nitrogen and oxygen atoms in total. The number of carboxylic acid groups (broad SMARTS) is 1. The highest BCUT2D eigenvalue weighted by Gasteiger charge is 2.26. The molecule has 2 atom stereocenters. The van der Waals surface area contributed by atoms with E-state index in [0.717, 1.165) is 19.4 Å². The number of rotatable bonds is 4. The maximum atomic E-state index is 11.3. The number of hydrogen-bond donors (Lipinski definition) is 3. The molecule has 0 fully saturated rings. The Morgan fingerprint density at radius 3 is 2.56 bits per heavy atom. The predicted octanol–water partition coefficient (Wildman–Crippen LogP) is 0.000500. The van der Waals surface area contributed by atoms with Crippen molar-refractivity contribution in [2.24, 2.45) is 0 Å². The first kappa shape index (κ1) is 14.4. The Labute approximate surface area is 107 Å². The van der Waals surface area contributed by atoms with Gasteiger partial charge < -0.3 is 20.1 Å². The molecule has 0 aliphatic carbocycles. The van der Waals surface area contributed by atoms with Gasteiger partial charge in [-0.25, -0.2) is 14.6 Å². The van der Waals surface area contributed by atoms with E-state index < -0.39 is 24.1 Å². The minimum absolute atomic E-state index is 0.0605. The normalized spacial score (nSPS) is 13.8. The van der Waals surface area contributed by atoms with Gasteiger partial charge in [0.05, 0.1) is 12.7 Å². The zero-order valence-corrected chi connectivity index (χ0v) is 9.96. The Bertz CT molecular complexity index is 477. The van der Waals surface area contributed by atoms with E-state index in [2.05, 4.69) is 9.72 Å². The van der Waals surface area contributed by atoms with E-state index in [-0.39, 0.29) is 16.3 Å². The van der Waals surface area contributed by atoms with Gasteiger partial charge >= 0.3 is 11.9 Å².